The van der Waals surface area contributed by atoms with Gasteiger partial charge in [-0.25, -0.2) is 4.98 Å². The van der Waals surface area contributed by atoms with Crippen molar-refractivity contribution in [2.45, 2.75) is 50.5 Å². The van der Waals surface area contributed by atoms with E-state index in [1.54, 1.807) is 0 Å². The van der Waals surface area contributed by atoms with E-state index in [0.717, 1.165) is 50.4 Å². The van der Waals surface area contributed by atoms with Gasteiger partial charge in [0, 0.05) is 12.4 Å². The fourth-order valence-electron chi connectivity index (χ4n) is 6.13. The van der Waals surface area contributed by atoms with Gasteiger partial charge < -0.3 is 14.0 Å². The summed E-state index contributed by atoms with van der Waals surface area (Å²) >= 11 is 0. The first-order chi connectivity index (χ1) is 24.1. The van der Waals surface area contributed by atoms with Gasteiger partial charge in [0.15, 0.2) is 0 Å². The van der Waals surface area contributed by atoms with Gasteiger partial charge in [-0.1, -0.05) is 147 Å². The molecule has 0 unspecified atom stereocenters. The van der Waals surface area contributed by atoms with Gasteiger partial charge >= 0.3 is 0 Å². The quantitative estimate of drug-likeness (QED) is 0.0828. The van der Waals surface area contributed by atoms with Crippen LogP contribution in [0.3, 0.4) is 0 Å². The van der Waals surface area contributed by atoms with Gasteiger partial charge in [0.2, 0.25) is 0 Å². The Morgan fingerprint density at radius 2 is 1.08 bits per heavy atom. The molecule has 0 amide bonds. The topological polar surface area (TPSA) is 36.3 Å². The zero-order valence-electron chi connectivity index (χ0n) is 29.2. The van der Waals surface area contributed by atoms with E-state index in [1.807, 2.05) is 12.5 Å². The van der Waals surface area contributed by atoms with E-state index < -0.39 is 9.52 Å². The van der Waals surface area contributed by atoms with E-state index in [2.05, 4.69) is 177 Å². The Morgan fingerprint density at radius 1 is 0.633 bits per heavy atom. The SMILES string of the molecule is BC(c1ccccc1)c1ccccc1.CCCCOc1ccc(C([SiH2]c2ccccc2)(c2ccc(OCCCC)cc2)n2ccnc2)cc1. The molecule has 0 N–H and O–H groups in total. The monoisotopic (exact) mass is 664 g/mol. The molecule has 0 aliphatic heterocycles. The second kappa shape index (κ2) is 18.7. The molecule has 49 heavy (non-hydrogen) atoms. The van der Waals surface area contributed by atoms with E-state index in [4.69, 9.17) is 9.47 Å². The summed E-state index contributed by atoms with van der Waals surface area (Å²) in [6.07, 6.45) is 10.3. The van der Waals surface area contributed by atoms with Crippen molar-refractivity contribution in [1.82, 2.24) is 9.55 Å². The Hall–Kier alpha value is -4.81. The summed E-state index contributed by atoms with van der Waals surface area (Å²) in [5.41, 5.74) is 5.24. The summed E-state index contributed by atoms with van der Waals surface area (Å²) in [6.45, 7) is 5.86. The van der Waals surface area contributed by atoms with Crippen molar-refractivity contribution < 1.29 is 9.47 Å². The van der Waals surface area contributed by atoms with Gasteiger partial charge in [-0.15, -0.1) is 0 Å². The average molecular weight is 665 g/mol. The van der Waals surface area contributed by atoms with Crippen LogP contribution in [0.15, 0.2) is 158 Å². The second-order valence-corrected chi connectivity index (χ2v) is 14.7. The highest BCUT2D eigenvalue weighted by atomic mass is 28.2. The Balaban J connectivity index is 0.000000278. The lowest BCUT2D eigenvalue weighted by molar-refractivity contribution is 0.309. The van der Waals surface area contributed by atoms with Crippen LogP contribution in [0.5, 0.6) is 11.5 Å². The number of benzene rings is 5. The Bertz CT molecular complexity index is 1660. The normalized spacial score (nSPS) is 11.3. The first-order valence-corrected chi connectivity index (χ1v) is 19.1. The molecule has 0 saturated carbocycles. The summed E-state index contributed by atoms with van der Waals surface area (Å²) in [7, 11) is 1.35. The highest BCUT2D eigenvalue weighted by molar-refractivity contribution is 6.57. The molecule has 0 bridgehead atoms. The molecule has 0 spiro atoms. The van der Waals surface area contributed by atoms with Crippen molar-refractivity contribution in [3.8, 4) is 11.5 Å². The molecule has 0 aliphatic rings. The predicted molar refractivity (Wildman–Crippen MR) is 210 cm³/mol. The van der Waals surface area contributed by atoms with Crippen LogP contribution < -0.4 is 14.7 Å². The Kier molecular flexibility index (Phi) is 13.5. The molecule has 0 aliphatic carbocycles. The Labute approximate surface area is 296 Å². The fraction of sp³-hybridized carbons (Fsp3) is 0.233. The van der Waals surface area contributed by atoms with Crippen molar-refractivity contribution >= 4 is 22.6 Å². The lowest BCUT2D eigenvalue weighted by Crippen LogP contribution is -2.46. The number of rotatable bonds is 15. The number of hydrogen-bond donors (Lipinski definition) is 0. The zero-order valence-corrected chi connectivity index (χ0v) is 30.7. The van der Waals surface area contributed by atoms with E-state index in [0.29, 0.717) is 5.82 Å². The molecule has 0 radical (unpaired) electrons. The Morgan fingerprint density at radius 3 is 1.49 bits per heavy atom. The highest BCUT2D eigenvalue weighted by Gasteiger charge is 2.37. The molecule has 1 aromatic heterocycles. The van der Waals surface area contributed by atoms with E-state index in [-0.39, 0.29) is 5.16 Å². The molecule has 6 rings (SSSR count). The standard InChI is InChI=1S/C30H36N2O2Si.C13H13B/c1-3-5-22-33-27-16-12-25(13-17-27)30(32-21-20-31-24-32,35-29-10-8-7-9-11-29)26-14-18-28(19-15-26)34-23-6-4-2;14-13(11-7-3-1-4-8-11)12-9-5-2-6-10-12/h7-21,24H,3-6,22-23,35H2,1-2H3;1-10,13H,14H2. The van der Waals surface area contributed by atoms with Crippen molar-refractivity contribution in [1.29, 1.82) is 0 Å². The molecule has 0 fully saturated rings. The number of aromatic nitrogens is 2. The van der Waals surface area contributed by atoms with Crippen molar-refractivity contribution in [3.63, 3.8) is 0 Å². The third-order valence-corrected chi connectivity index (χ3v) is 11.6. The van der Waals surface area contributed by atoms with Crippen LogP contribution >= 0.6 is 0 Å². The number of unbranched alkanes of at least 4 members (excludes halogenated alkanes) is 2. The summed E-state index contributed by atoms with van der Waals surface area (Å²) in [5, 5.41) is 1.06. The van der Waals surface area contributed by atoms with Crippen molar-refractivity contribution in [2.24, 2.45) is 0 Å². The van der Waals surface area contributed by atoms with Crippen LogP contribution in [-0.4, -0.2) is 40.1 Å². The molecule has 6 aromatic rings. The molecule has 4 nitrogen and oxygen atoms in total. The third kappa shape index (κ3) is 9.64. The van der Waals surface area contributed by atoms with Crippen LogP contribution in [-0.2, 0) is 5.16 Å². The lowest BCUT2D eigenvalue weighted by atomic mass is 9.76. The van der Waals surface area contributed by atoms with E-state index in [1.165, 1.54) is 27.4 Å². The molecular weight excluding hydrogens is 615 g/mol. The number of nitrogens with zero attached hydrogens (tertiary/aromatic N) is 2. The van der Waals surface area contributed by atoms with E-state index >= 15 is 0 Å². The zero-order chi connectivity index (χ0) is 34.2. The summed E-state index contributed by atoms with van der Waals surface area (Å²) in [4.78, 5) is 4.45. The minimum absolute atomic E-state index is 0.332. The molecular formula is C43H49BN2O2Si. The van der Waals surface area contributed by atoms with Gasteiger partial charge in [-0.05, 0) is 65.2 Å². The van der Waals surface area contributed by atoms with Crippen LogP contribution in [0.25, 0.3) is 0 Å². The molecule has 0 saturated heterocycles. The molecule has 250 valence electrons. The largest absolute Gasteiger partial charge is 0.494 e. The minimum atomic E-state index is -0.892. The lowest BCUT2D eigenvalue weighted by Gasteiger charge is -2.37. The van der Waals surface area contributed by atoms with Gasteiger partial charge in [0.05, 0.1) is 34.2 Å². The summed E-state index contributed by atoms with van der Waals surface area (Å²) < 4.78 is 14.2. The fourth-order valence-corrected chi connectivity index (χ4v) is 8.48. The van der Waals surface area contributed by atoms with Gasteiger partial charge in [0.1, 0.15) is 19.3 Å². The maximum atomic E-state index is 5.97. The summed E-state index contributed by atoms with van der Waals surface area (Å²) in [5.74, 6) is 2.32. The van der Waals surface area contributed by atoms with Crippen molar-refractivity contribution in [2.75, 3.05) is 13.2 Å². The van der Waals surface area contributed by atoms with Gasteiger partial charge in [0.25, 0.3) is 0 Å². The molecule has 5 aromatic carbocycles. The van der Waals surface area contributed by atoms with Crippen LogP contribution in [0.1, 0.15) is 67.6 Å². The summed E-state index contributed by atoms with van der Waals surface area (Å²) in [6, 6.07) is 49.4. The molecule has 6 heteroatoms. The smallest absolute Gasteiger partial charge is 0.119 e. The first-order valence-electron chi connectivity index (χ1n) is 17.7. The van der Waals surface area contributed by atoms with Gasteiger partial charge in [-0.2, -0.15) is 0 Å². The first kappa shape index (κ1) is 35.5. The minimum Gasteiger partial charge on any atom is -0.494 e. The molecule has 0 atom stereocenters. The number of imidazole rings is 1. The third-order valence-electron chi connectivity index (χ3n) is 9.04. The van der Waals surface area contributed by atoms with E-state index in [9.17, 15) is 0 Å². The van der Waals surface area contributed by atoms with Crippen molar-refractivity contribution in [3.05, 3.63) is 181 Å². The van der Waals surface area contributed by atoms with Crippen LogP contribution in [0, 0.1) is 0 Å². The average Bonchev–Trinajstić information content (AvgIpc) is 3.72. The maximum absolute atomic E-state index is 5.97. The second-order valence-electron chi connectivity index (χ2n) is 12.5. The van der Waals surface area contributed by atoms with Gasteiger partial charge in [-0.3, -0.25) is 0 Å². The highest BCUT2D eigenvalue weighted by Crippen LogP contribution is 2.35. The van der Waals surface area contributed by atoms with Crippen LogP contribution in [0.2, 0.25) is 0 Å². The number of ether oxygens (including phenoxy) is 2. The van der Waals surface area contributed by atoms with Crippen LogP contribution in [0.4, 0.5) is 0 Å². The maximum Gasteiger partial charge on any atom is 0.119 e. The number of hydrogen-bond acceptors (Lipinski definition) is 3. The predicted octanol–water partition coefficient (Wildman–Crippen LogP) is 7.89. The molecule has 1 heterocycles.